The minimum Gasteiger partial charge on any atom is -0.376 e. The number of aromatic nitrogens is 4. The van der Waals surface area contributed by atoms with E-state index in [0.29, 0.717) is 11.3 Å². The minimum atomic E-state index is -3.50. The highest BCUT2D eigenvalue weighted by atomic mass is 32.2. The molecule has 0 unspecified atom stereocenters. The summed E-state index contributed by atoms with van der Waals surface area (Å²) in [5.41, 5.74) is 5.76. The molecule has 6 rings (SSSR count). The van der Waals surface area contributed by atoms with Gasteiger partial charge in [-0.2, -0.15) is 0 Å². The number of ether oxygens (including phenoxy) is 1. The van der Waals surface area contributed by atoms with Gasteiger partial charge >= 0.3 is 0 Å². The average Bonchev–Trinajstić information content (AvgIpc) is 3.11. The number of pyridine rings is 3. The number of nitrogens with zero attached hydrogens (tertiary/aromatic N) is 4. The fourth-order valence-electron chi connectivity index (χ4n) is 4.61. The maximum atomic E-state index is 12.8. The lowest BCUT2D eigenvalue weighted by molar-refractivity contribution is 0.0950. The van der Waals surface area contributed by atoms with Crippen molar-refractivity contribution in [2.75, 3.05) is 12.4 Å². The largest absolute Gasteiger partial charge is 0.376 e. The van der Waals surface area contributed by atoms with Crippen molar-refractivity contribution in [3.05, 3.63) is 83.3 Å². The summed E-state index contributed by atoms with van der Waals surface area (Å²) < 4.78 is 32.5. The summed E-state index contributed by atoms with van der Waals surface area (Å²) in [6, 6.07) is 16.5. The summed E-state index contributed by atoms with van der Waals surface area (Å²) in [5.74, 6) is -0.484. The predicted molar refractivity (Wildman–Crippen MR) is 143 cm³/mol. The van der Waals surface area contributed by atoms with Gasteiger partial charge < -0.3 is 14.6 Å². The molecule has 1 amide bonds. The molecule has 4 aromatic heterocycles. The number of rotatable bonds is 4. The van der Waals surface area contributed by atoms with E-state index in [1.54, 1.807) is 18.3 Å². The number of hydrogen-bond acceptors (Lipinski definition) is 7. The number of sulfone groups is 1. The zero-order chi connectivity index (χ0) is 26.4. The molecule has 1 aliphatic rings. The van der Waals surface area contributed by atoms with Crippen LogP contribution in [0.25, 0.3) is 33.3 Å². The summed E-state index contributed by atoms with van der Waals surface area (Å²) in [4.78, 5) is 27.1. The molecule has 38 heavy (non-hydrogen) atoms. The second-order valence-corrected chi connectivity index (χ2v) is 11.5. The molecule has 0 radical (unpaired) electrons. The van der Waals surface area contributed by atoms with Gasteiger partial charge in [-0.25, -0.2) is 18.4 Å². The first-order valence-electron chi connectivity index (χ1n) is 12.2. The number of carbonyl (C=O) groups is 1. The number of aryl methyl sites for hydroxylation is 2. The molecular formula is C28H25N5O4S. The number of benzene rings is 1. The first-order chi connectivity index (χ1) is 18.3. The maximum Gasteiger partial charge on any atom is 0.251 e. The van der Waals surface area contributed by atoms with Crippen molar-refractivity contribution in [2.24, 2.45) is 7.05 Å². The standard InChI is InChI=1S/C28H25N5O4S/c1-17-11-18-5-7-24(32-27(18)33(17)2)23-8-6-20-14-29-22(13-25(20)31-23)15-30-28(34)19-3-4-21-16-37-9-10-38(35,36)26(21)12-19/h3-8,11-14H,9-10,15-16H2,1-2H3,(H,30,34). The Bertz CT molecular complexity index is 1850. The molecule has 1 aliphatic heterocycles. The van der Waals surface area contributed by atoms with Crippen LogP contribution in [0, 0.1) is 6.92 Å². The maximum absolute atomic E-state index is 12.8. The normalized spacial score (nSPS) is 14.8. The van der Waals surface area contributed by atoms with Crippen LogP contribution in [-0.4, -0.2) is 46.2 Å². The number of amides is 1. The van der Waals surface area contributed by atoms with E-state index in [4.69, 9.17) is 14.7 Å². The van der Waals surface area contributed by atoms with E-state index < -0.39 is 9.84 Å². The van der Waals surface area contributed by atoms with E-state index in [1.807, 2.05) is 44.3 Å². The summed E-state index contributed by atoms with van der Waals surface area (Å²) in [5, 5.41) is 4.79. The third kappa shape index (κ3) is 4.42. The van der Waals surface area contributed by atoms with E-state index in [1.165, 1.54) is 6.07 Å². The van der Waals surface area contributed by atoms with Gasteiger partial charge in [0.2, 0.25) is 0 Å². The van der Waals surface area contributed by atoms with Crippen LogP contribution in [-0.2, 0) is 34.8 Å². The first kappa shape index (κ1) is 24.2. The average molecular weight is 528 g/mol. The Hall–Kier alpha value is -4.15. The Labute approximate surface area is 219 Å². The molecular weight excluding hydrogens is 502 g/mol. The smallest absolute Gasteiger partial charge is 0.251 e. The van der Waals surface area contributed by atoms with Gasteiger partial charge in [0.05, 0.1) is 53.0 Å². The Morgan fingerprint density at radius 2 is 1.82 bits per heavy atom. The molecule has 0 saturated carbocycles. The van der Waals surface area contributed by atoms with Crippen molar-refractivity contribution in [3.8, 4) is 11.4 Å². The monoisotopic (exact) mass is 527 g/mol. The van der Waals surface area contributed by atoms with E-state index in [0.717, 1.165) is 39.0 Å². The number of hydrogen-bond donors (Lipinski definition) is 1. The van der Waals surface area contributed by atoms with Gasteiger partial charge in [0.15, 0.2) is 9.84 Å². The second-order valence-electron chi connectivity index (χ2n) is 9.40. The molecule has 0 saturated heterocycles. The summed E-state index contributed by atoms with van der Waals surface area (Å²) >= 11 is 0. The molecule has 192 valence electrons. The van der Waals surface area contributed by atoms with E-state index in [9.17, 15) is 13.2 Å². The van der Waals surface area contributed by atoms with Gasteiger partial charge in [0, 0.05) is 35.3 Å². The summed E-state index contributed by atoms with van der Waals surface area (Å²) in [6.45, 7) is 2.56. The van der Waals surface area contributed by atoms with Crippen LogP contribution in [0.1, 0.15) is 27.3 Å². The van der Waals surface area contributed by atoms with Crippen LogP contribution in [0.3, 0.4) is 0 Å². The van der Waals surface area contributed by atoms with Crippen molar-refractivity contribution in [1.82, 2.24) is 24.8 Å². The van der Waals surface area contributed by atoms with Gasteiger partial charge in [-0.15, -0.1) is 0 Å². The molecule has 1 N–H and O–H groups in total. The molecule has 10 heteroatoms. The highest BCUT2D eigenvalue weighted by Crippen LogP contribution is 2.25. The van der Waals surface area contributed by atoms with Crippen molar-refractivity contribution in [1.29, 1.82) is 0 Å². The van der Waals surface area contributed by atoms with Crippen LogP contribution < -0.4 is 5.32 Å². The number of fused-ring (bicyclic) bond motifs is 3. The lowest BCUT2D eigenvalue weighted by Gasteiger charge is -2.10. The first-order valence-corrected chi connectivity index (χ1v) is 13.8. The van der Waals surface area contributed by atoms with Crippen molar-refractivity contribution < 1.29 is 17.9 Å². The molecule has 9 nitrogen and oxygen atoms in total. The van der Waals surface area contributed by atoms with Crippen LogP contribution in [0.2, 0.25) is 0 Å². The third-order valence-corrected chi connectivity index (χ3v) is 8.61. The highest BCUT2D eigenvalue weighted by Gasteiger charge is 2.23. The molecule has 0 aliphatic carbocycles. The molecule has 0 spiro atoms. The predicted octanol–water partition coefficient (Wildman–Crippen LogP) is 3.73. The van der Waals surface area contributed by atoms with Gasteiger partial charge in [-0.05, 0) is 61.0 Å². The molecule has 0 atom stereocenters. The Morgan fingerprint density at radius 3 is 2.66 bits per heavy atom. The van der Waals surface area contributed by atoms with Crippen LogP contribution in [0.4, 0.5) is 0 Å². The lowest BCUT2D eigenvalue weighted by atomic mass is 10.1. The SMILES string of the molecule is Cc1cc2ccc(-c3ccc4cnc(CNC(=O)c5ccc6c(c5)S(=O)(=O)CCOC6)cc4n3)nc2n1C. The fraction of sp³-hybridized carbons (Fsp3) is 0.214. The Morgan fingerprint density at radius 1 is 1.03 bits per heavy atom. The summed E-state index contributed by atoms with van der Waals surface area (Å²) in [6.07, 6.45) is 1.72. The minimum absolute atomic E-state index is 0.102. The van der Waals surface area contributed by atoms with Crippen molar-refractivity contribution in [3.63, 3.8) is 0 Å². The van der Waals surface area contributed by atoms with Gasteiger partial charge in [-0.3, -0.25) is 9.78 Å². The third-order valence-electron chi connectivity index (χ3n) is 6.86. The highest BCUT2D eigenvalue weighted by molar-refractivity contribution is 7.91. The molecule has 0 bridgehead atoms. The van der Waals surface area contributed by atoms with Crippen molar-refractivity contribution in [2.45, 2.75) is 25.0 Å². The number of carbonyl (C=O) groups excluding carboxylic acids is 1. The lowest BCUT2D eigenvalue weighted by Crippen LogP contribution is -2.23. The quantitative estimate of drug-likeness (QED) is 0.379. The fourth-order valence-corrected chi connectivity index (χ4v) is 6.00. The Balaban J connectivity index is 1.23. The number of nitrogens with one attached hydrogen (secondary N) is 1. The van der Waals surface area contributed by atoms with Crippen molar-refractivity contribution >= 4 is 37.7 Å². The zero-order valence-electron chi connectivity index (χ0n) is 20.9. The van der Waals surface area contributed by atoms with E-state index >= 15 is 0 Å². The van der Waals surface area contributed by atoms with Gasteiger partial charge in [-0.1, -0.05) is 6.07 Å². The van der Waals surface area contributed by atoms with Crippen LogP contribution in [0.5, 0.6) is 0 Å². The molecule has 1 aromatic carbocycles. The molecule has 0 fully saturated rings. The molecule has 5 heterocycles. The van der Waals surface area contributed by atoms with Crippen LogP contribution in [0.15, 0.2) is 65.7 Å². The topological polar surface area (TPSA) is 116 Å². The van der Waals surface area contributed by atoms with E-state index in [2.05, 4.69) is 20.9 Å². The summed E-state index contributed by atoms with van der Waals surface area (Å²) in [7, 11) is -1.51. The van der Waals surface area contributed by atoms with Gasteiger partial charge in [0.1, 0.15) is 5.65 Å². The molecule has 5 aromatic rings. The second kappa shape index (κ2) is 9.30. The van der Waals surface area contributed by atoms with Crippen LogP contribution >= 0.6 is 0 Å². The van der Waals surface area contributed by atoms with Gasteiger partial charge in [0.25, 0.3) is 5.91 Å². The Kier molecular flexibility index (Phi) is 5.93. The van der Waals surface area contributed by atoms with E-state index in [-0.39, 0.29) is 41.9 Å². The zero-order valence-corrected chi connectivity index (χ0v) is 21.7.